The van der Waals surface area contributed by atoms with Crippen LogP contribution in [-0.4, -0.2) is 4.92 Å². The highest BCUT2D eigenvalue weighted by molar-refractivity contribution is 5.61. The molecule has 0 bridgehead atoms. The molecule has 2 rings (SSSR count). The molecule has 62 valence electrons. The molecule has 0 aromatic heterocycles. The van der Waals surface area contributed by atoms with Crippen molar-refractivity contribution in [2.24, 2.45) is 0 Å². The Bertz CT molecular complexity index is 338. The maximum Gasteiger partial charge on any atom is 0.271 e. The van der Waals surface area contributed by atoms with Crippen LogP contribution < -0.4 is 10.4 Å². The third-order valence-corrected chi connectivity index (χ3v) is 1.46. The van der Waals surface area contributed by atoms with Crippen molar-refractivity contribution >= 4 is 11.4 Å². The molecule has 0 aliphatic carbocycles. The molecule has 1 aromatic rings. The van der Waals surface area contributed by atoms with Crippen LogP contribution >= 0.6 is 0 Å². The van der Waals surface area contributed by atoms with E-state index in [1.165, 1.54) is 18.2 Å². The van der Waals surface area contributed by atoms with Gasteiger partial charge in [0.05, 0.1) is 4.92 Å². The van der Waals surface area contributed by atoms with Gasteiger partial charge in [0.1, 0.15) is 5.69 Å². The van der Waals surface area contributed by atoms with Gasteiger partial charge in [0.2, 0.25) is 0 Å². The summed E-state index contributed by atoms with van der Waals surface area (Å²) in [6.45, 7) is 0. The fraction of sp³-hybridized carbons (Fsp3) is 0. The van der Waals surface area contributed by atoms with E-state index in [1.54, 1.807) is 0 Å². The highest BCUT2D eigenvalue weighted by Gasteiger charge is 2.17. The molecule has 1 aliphatic rings. The lowest BCUT2D eigenvalue weighted by Gasteiger charge is -1.92. The quantitative estimate of drug-likeness (QED) is 0.388. The summed E-state index contributed by atoms with van der Waals surface area (Å²) < 4.78 is 0. The molecule has 0 saturated heterocycles. The number of nitrogens with zero attached hydrogens (tertiary/aromatic N) is 1. The zero-order chi connectivity index (χ0) is 8.55. The molecule has 1 aromatic carbocycles. The van der Waals surface area contributed by atoms with Gasteiger partial charge < -0.3 is 4.89 Å². The predicted octanol–water partition coefficient (Wildman–Crippen LogP) is 1.25. The standard InChI is InChI=1S/C6H4N2O4/c9-8(10)4-1-2-6-5(3-4)7-12-11-6/h1-3,7H. The second-order valence-electron chi connectivity index (χ2n) is 2.21. The zero-order valence-electron chi connectivity index (χ0n) is 5.81. The first-order valence-electron chi connectivity index (χ1n) is 3.15. The molecule has 1 N–H and O–H groups in total. The Kier molecular flexibility index (Phi) is 1.34. The Morgan fingerprint density at radius 2 is 2.33 bits per heavy atom. The van der Waals surface area contributed by atoms with Crippen LogP contribution in [0.25, 0.3) is 0 Å². The van der Waals surface area contributed by atoms with Gasteiger partial charge in [-0.3, -0.25) is 10.1 Å². The molecule has 6 nitrogen and oxygen atoms in total. The maximum absolute atomic E-state index is 10.3. The average molecular weight is 168 g/mol. The first kappa shape index (κ1) is 6.86. The van der Waals surface area contributed by atoms with E-state index >= 15 is 0 Å². The lowest BCUT2D eigenvalue weighted by Crippen LogP contribution is -1.92. The van der Waals surface area contributed by atoms with Crippen LogP contribution in [0.2, 0.25) is 0 Å². The number of nitro groups is 1. The molecule has 12 heavy (non-hydrogen) atoms. The molecule has 0 unspecified atom stereocenters. The summed E-state index contributed by atoms with van der Waals surface area (Å²) in [5.74, 6) is 0.445. The highest BCUT2D eigenvalue weighted by Crippen LogP contribution is 2.32. The fourth-order valence-electron chi connectivity index (χ4n) is 0.895. The van der Waals surface area contributed by atoms with E-state index in [0.717, 1.165) is 0 Å². The van der Waals surface area contributed by atoms with Crippen molar-refractivity contribution in [3.63, 3.8) is 0 Å². The predicted molar refractivity (Wildman–Crippen MR) is 38.4 cm³/mol. The van der Waals surface area contributed by atoms with E-state index in [0.29, 0.717) is 11.4 Å². The van der Waals surface area contributed by atoms with Crippen molar-refractivity contribution in [2.75, 3.05) is 5.48 Å². The van der Waals surface area contributed by atoms with Crippen molar-refractivity contribution in [1.29, 1.82) is 0 Å². The summed E-state index contributed by atoms with van der Waals surface area (Å²) in [5, 5.41) is 10.3. The minimum Gasteiger partial charge on any atom is -0.312 e. The van der Waals surface area contributed by atoms with Gasteiger partial charge in [-0.15, -0.1) is 0 Å². The van der Waals surface area contributed by atoms with E-state index in [9.17, 15) is 10.1 Å². The van der Waals surface area contributed by atoms with E-state index in [4.69, 9.17) is 0 Å². The van der Waals surface area contributed by atoms with Gasteiger partial charge in [-0.05, 0) is 6.07 Å². The third-order valence-electron chi connectivity index (χ3n) is 1.46. The van der Waals surface area contributed by atoms with Gasteiger partial charge in [-0.1, -0.05) is 4.99 Å². The second kappa shape index (κ2) is 2.35. The summed E-state index contributed by atoms with van der Waals surface area (Å²) in [4.78, 5) is 18.8. The van der Waals surface area contributed by atoms with E-state index in [2.05, 4.69) is 15.4 Å². The normalized spacial score (nSPS) is 13.0. The number of nitrogens with one attached hydrogen (secondary N) is 1. The SMILES string of the molecule is O=[N+]([O-])c1ccc2c(c1)NOO2. The minimum atomic E-state index is -0.486. The van der Waals surface area contributed by atoms with Gasteiger partial charge in [0.15, 0.2) is 5.75 Å². The van der Waals surface area contributed by atoms with Crippen LogP contribution in [0.3, 0.4) is 0 Å². The van der Waals surface area contributed by atoms with Gasteiger partial charge in [0.25, 0.3) is 5.69 Å². The van der Waals surface area contributed by atoms with Crippen molar-refractivity contribution < 1.29 is 14.8 Å². The van der Waals surface area contributed by atoms with E-state index in [-0.39, 0.29) is 5.69 Å². The first-order chi connectivity index (χ1) is 5.77. The van der Waals surface area contributed by atoms with Crippen molar-refractivity contribution in [3.05, 3.63) is 28.3 Å². The Morgan fingerprint density at radius 1 is 1.50 bits per heavy atom. The number of non-ortho nitro benzene ring substituents is 1. The summed E-state index contributed by atoms with van der Waals surface area (Å²) in [6, 6.07) is 4.14. The zero-order valence-corrected chi connectivity index (χ0v) is 5.81. The number of hydrogen-bond donors (Lipinski definition) is 1. The fourth-order valence-corrected chi connectivity index (χ4v) is 0.895. The first-order valence-corrected chi connectivity index (χ1v) is 3.15. The largest absolute Gasteiger partial charge is 0.312 e. The number of rotatable bonds is 1. The number of anilines is 1. The Balaban J connectivity index is 2.45. The topological polar surface area (TPSA) is 73.6 Å². The maximum atomic E-state index is 10.3. The Labute approximate surface area is 66.7 Å². The molecule has 0 radical (unpaired) electrons. The van der Waals surface area contributed by atoms with Gasteiger partial charge in [-0.2, -0.15) is 0 Å². The van der Waals surface area contributed by atoms with Crippen LogP contribution in [0, 0.1) is 10.1 Å². The van der Waals surface area contributed by atoms with Gasteiger partial charge >= 0.3 is 0 Å². The molecule has 0 spiro atoms. The van der Waals surface area contributed by atoms with Gasteiger partial charge in [-0.25, -0.2) is 5.48 Å². The number of benzene rings is 1. The lowest BCUT2D eigenvalue weighted by molar-refractivity contribution is -0.384. The van der Waals surface area contributed by atoms with Crippen LogP contribution in [0.15, 0.2) is 18.2 Å². The molecular weight excluding hydrogens is 164 g/mol. The van der Waals surface area contributed by atoms with E-state index < -0.39 is 4.92 Å². The van der Waals surface area contributed by atoms with Crippen molar-refractivity contribution in [1.82, 2.24) is 0 Å². The number of fused-ring (bicyclic) bond motifs is 1. The average Bonchev–Trinajstić information content (AvgIpc) is 2.49. The number of hydrogen-bond acceptors (Lipinski definition) is 5. The Morgan fingerprint density at radius 3 is 3.08 bits per heavy atom. The van der Waals surface area contributed by atoms with Crippen LogP contribution in [0.4, 0.5) is 11.4 Å². The molecule has 1 aliphatic heterocycles. The molecular formula is C6H4N2O4. The van der Waals surface area contributed by atoms with Crippen LogP contribution in [-0.2, 0) is 4.99 Å². The Hall–Kier alpha value is -1.82. The van der Waals surface area contributed by atoms with Crippen molar-refractivity contribution in [3.8, 4) is 5.75 Å². The second-order valence-corrected chi connectivity index (χ2v) is 2.21. The number of nitro benzene ring substituents is 1. The lowest BCUT2D eigenvalue weighted by atomic mass is 10.2. The summed E-state index contributed by atoms with van der Waals surface area (Å²) in [6.07, 6.45) is 0. The van der Waals surface area contributed by atoms with Crippen LogP contribution in [0.1, 0.15) is 0 Å². The van der Waals surface area contributed by atoms with Crippen LogP contribution in [0.5, 0.6) is 5.75 Å². The molecule has 0 atom stereocenters. The minimum absolute atomic E-state index is 0.00431. The highest BCUT2D eigenvalue weighted by atomic mass is 17.3. The van der Waals surface area contributed by atoms with Crippen molar-refractivity contribution in [2.45, 2.75) is 0 Å². The molecule has 0 saturated carbocycles. The monoisotopic (exact) mass is 168 g/mol. The molecule has 0 fully saturated rings. The summed E-state index contributed by atoms with van der Waals surface area (Å²) >= 11 is 0. The van der Waals surface area contributed by atoms with E-state index in [1.807, 2.05) is 0 Å². The molecule has 1 heterocycles. The molecule has 6 heteroatoms. The summed E-state index contributed by atoms with van der Waals surface area (Å²) in [7, 11) is 0. The third kappa shape index (κ3) is 0.940. The molecule has 0 amide bonds. The smallest absolute Gasteiger partial charge is 0.271 e. The van der Waals surface area contributed by atoms with Gasteiger partial charge in [0, 0.05) is 12.1 Å². The summed E-state index contributed by atoms with van der Waals surface area (Å²) in [5.41, 5.74) is 2.83.